The fourth-order valence-electron chi connectivity index (χ4n) is 8.56. The molecule has 5 heteroatoms. The van der Waals surface area contributed by atoms with Gasteiger partial charge < -0.3 is 9.14 Å². The van der Waals surface area contributed by atoms with Crippen LogP contribution < -0.4 is 13.9 Å². The first-order valence-corrected chi connectivity index (χ1v) is 15.2. The molecule has 0 bridgehead atoms. The van der Waals surface area contributed by atoms with Crippen molar-refractivity contribution < 1.29 is 13.9 Å². The van der Waals surface area contributed by atoms with E-state index in [0.29, 0.717) is 0 Å². The van der Waals surface area contributed by atoms with Gasteiger partial charge in [0.1, 0.15) is 11.1 Å². The Balaban J connectivity index is 1.42. The molecular weight excluding hydrogens is 534 g/mol. The van der Waals surface area contributed by atoms with Crippen molar-refractivity contribution in [1.82, 2.24) is 4.40 Å². The molecule has 0 fully saturated rings. The number of para-hydroxylation sites is 1. The molecule has 9 aromatic rings. The highest BCUT2D eigenvalue weighted by Gasteiger charge is 2.71. The summed E-state index contributed by atoms with van der Waals surface area (Å²) < 4.78 is 16.9. The van der Waals surface area contributed by atoms with Gasteiger partial charge in [-0.3, -0.25) is 0 Å². The lowest BCUT2D eigenvalue weighted by molar-refractivity contribution is -0.952. The first-order valence-electron chi connectivity index (χ1n) is 14.4. The van der Waals surface area contributed by atoms with Crippen molar-refractivity contribution >= 4 is 69.7 Å². The minimum atomic E-state index is -0.576. The average molecular weight is 554 g/mol. The molecule has 3 aliphatic heterocycles. The minimum absolute atomic E-state index is 0.576. The lowest BCUT2D eigenvalue weighted by Gasteiger charge is -2.24. The number of hydrogen-bond acceptors (Lipinski definition) is 2. The molecule has 0 aliphatic carbocycles. The van der Waals surface area contributed by atoms with E-state index >= 15 is 0 Å². The van der Waals surface area contributed by atoms with Gasteiger partial charge in [-0.25, -0.2) is 0 Å². The number of aromatic nitrogens is 3. The third-order valence-corrected chi connectivity index (χ3v) is 11.1. The lowest BCUT2D eigenvalue weighted by atomic mass is 9.89. The van der Waals surface area contributed by atoms with Crippen molar-refractivity contribution in [3.63, 3.8) is 0 Å². The number of benzene rings is 4. The maximum Gasteiger partial charge on any atom is 0.426 e. The number of rotatable bonds is 0. The van der Waals surface area contributed by atoms with Crippen molar-refractivity contribution in [1.29, 1.82) is 0 Å². The second-order valence-electron chi connectivity index (χ2n) is 11.7. The zero-order valence-electron chi connectivity index (χ0n) is 22.1. The highest BCUT2D eigenvalue weighted by Crippen LogP contribution is 2.56. The molecule has 1 unspecified atom stereocenters. The van der Waals surface area contributed by atoms with Crippen molar-refractivity contribution in [2.75, 3.05) is 0 Å². The Morgan fingerprint density at radius 2 is 1.52 bits per heavy atom. The van der Waals surface area contributed by atoms with Gasteiger partial charge in [0.05, 0.1) is 28.0 Å². The summed E-state index contributed by atoms with van der Waals surface area (Å²) in [6, 6.07) is 40.1. The van der Waals surface area contributed by atoms with E-state index in [1.54, 1.807) is 0 Å². The molecule has 0 saturated heterocycles. The van der Waals surface area contributed by atoms with Crippen molar-refractivity contribution in [2.45, 2.75) is 5.66 Å². The number of fused-ring (bicyclic) bond motifs is 11. The Bertz CT molecular complexity index is 2790. The SMILES string of the molecule is c1cc2c3c(c1)-c1cccc[n+]1C31c3c4ccccc4n4c5cc6sc7ccccc7c6cc5c5ccc([n+]1c5c34)O2. The summed E-state index contributed by atoms with van der Waals surface area (Å²) in [6.07, 6.45) is 2.26. The van der Waals surface area contributed by atoms with Gasteiger partial charge in [0.2, 0.25) is 11.2 Å². The van der Waals surface area contributed by atoms with E-state index in [2.05, 4.69) is 129 Å². The molecule has 4 aromatic carbocycles. The van der Waals surface area contributed by atoms with Crippen LogP contribution in [0.3, 0.4) is 0 Å². The summed E-state index contributed by atoms with van der Waals surface area (Å²) in [7, 11) is 0. The fraction of sp³-hybridized carbons (Fsp3) is 0.0270. The van der Waals surface area contributed by atoms with Gasteiger partial charge in [-0.05, 0) is 48.5 Å². The zero-order valence-corrected chi connectivity index (χ0v) is 22.9. The molecule has 0 N–H and O–H groups in total. The van der Waals surface area contributed by atoms with Crippen LogP contribution in [0.2, 0.25) is 0 Å². The molecule has 3 aliphatic rings. The molecule has 0 amide bonds. The van der Waals surface area contributed by atoms with Gasteiger partial charge in [-0.2, -0.15) is 0 Å². The highest BCUT2D eigenvalue weighted by atomic mass is 32.1. The molecule has 42 heavy (non-hydrogen) atoms. The summed E-state index contributed by atoms with van der Waals surface area (Å²) in [6.45, 7) is 0. The third-order valence-electron chi connectivity index (χ3n) is 9.96. The fourth-order valence-corrected chi connectivity index (χ4v) is 9.68. The maximum atomic E-state index is 6.76. The summed E-state index contributed by atoms with van der Waals surface area (Å²) in [5.41, 5.74) is 9.43. The highest BCUT2D eigenvalue weighted by molar-refractivity contribution is 7.25. The lowest BCUT2D eigenvalue weighted by Crippen LogP contribution is -2.72. The van der Waals surface area contributed by atoms with Gasteiger partial charge in [0, 0.05) is 43.1 Å². The molecule has 4 nitrogen and oxygen atoms in total. The molecule has 0 saturated carbocycles. The van der Waals surface area contributed by atoms with Crippen LogP contribution in [0.1, 0.15) is 11.1 Å². The van der Waals surface area contributed by atoms with E-state index in [4.69, 9.17) is 4.74 Å². The number of thiophene rings is 1. The smallest absolute Gasteiger partial charge is 0.404 e. The Hall–Kier alpha value is -5.26. The van der Waals surface area contributed by atoms with E-state index in [-0.39, 0.29) is 0 Å². The van der Waals surface area contributed by atoms with Crippen LogP contribution in [0.5, 0.6) is 11.6 Å². The third kappa shape index (κ3) is 1.94. The van der Waals surface area contributed by atoms with Crippen molar-refractivity contribution in [3.05, 3.63) is 127 Å². The predicted octanol–water partition coefficient (Wildman–Crippen LogP) is 8.04. The average Bonchev–Trinajstić information content (AvgIpc) is 3.75. The zero-order chi connectivity index (χ0) is 26.9. The monoisotopic (exact) mass is 553 g/mol. The van der Waals surface area contributed by atoms with Gasteiger partial charge in [-0.1, -0.05) is 47.0 Å². The molecule has 192 valence electrons. The topological polar surface area (TPSA) is 21.4 Å². The van der Waals surface area contributed by atoms with Crippen LogP contribution in [0.4, 0.5) is 0 Å². The van der Waals surface area contributed by atoms with E-state index in [9.17, 15) is 0 Å². The van der Waals surface area contributed by atoms with Gasteiger partial charge in [-0.15, -0.1) is 15.9 Å². The molecular formula is C37H19N3OS+2. The first-order chi connectivity index (χ1) is 20.8. The Morgan fingerprint density at radius 1 is 0.643 bits per heavy atom. The van der Waals surface area contributed by atoms with Crippen LogP contribution in [-0.2, 0) is 5.66 Å². The molecule has 1 atom stereocenters. The molecule has 12 rings (SSSR count). The Labute approximate surface area is 242 Å². The Morgan fingerprint density at radius 3 is 2.50 bits per heavy atom. The van der Waals surface area contributed by atoms with Gasteiger partial charge >= 0.3 is 11.5 Å². The van der Waals surface area contributed by atoms with Crippen molar-refractivity contribution in [2.24, 2.45) is 0 Å². The van der Waals surface area contributed by atoms with Crippen LogP contribution in [-0.4, -0.2) is 4.40 Å². The second kappa shape index (κ2) is 6.46. The largest absolute Gasteiger partial charge is 0.426 e. The summed E-state index contributed by atoms with van der Waals surface area (Å²) in [4.78, 5) is 0. The number of hydrogen-bond donors (Lipinski definition) is 0. The summed E-state index contributed by atoms with van der Waals surface area (Å²) >= 11 is 1.88. The number of nitrogens with zero attached hydrogens (tertiary/aromatic N) is 3. The first kappa shape index (κ1) is 20.6. The van der Waals surface area contributed by atoms with E-state index in [1.807, 2.05) is 11.3 Å². The summed E-state index contributed by atoms with van der Waals surface area (Å²) in [5.74, 6) is 1.81. The van der Waals surface area contributed by atoms with E-state index in [1.165, 1.54) is 80.8 Å². The van der Waals surface area contributed by atoms with Crippen LogP contribution in [0, 0.1) is 0 Å². The molecule has 5 aromatic heterocycles. The van der Waals surface area contributed by atoms with E-state index in [0.717, 1.165) is 11.6 Å². The predicted molar refractivity (Wildman–Crippen MR) is 167 cm³/mol. The van der Waals surface area contributed by atoms with E-state index < -0.39 is 5.66 Å². The van der Waals surface area contributed by atoms with Crippen LogP contribution in [0.15, 0.2) is 115 Å². The van der Waals surface area contributed by atoms with Crippen molar-refractivity contribution in [3.8, 4) is 22.9 Å². The maximum absolute atomic E-state index is 6.76. The number of pyridine rings is 3. The number of ether oxygens (including phenoxy) is 1. The summed E-state index contributed by atoms with van der Waals surface area (Å²) in [5, 5.41) is 6.45. The Kier molecular flexibility index (Phi) is 3.17. The van der Waals surface area contributed by atoms with Gasteiger partial charge in [0.15, 0.2) is 17.5 Å². The normalized spacial score (nSPS) is 17.3. The standard InChI is InChI=1S/C37H19N3OS/c1-3-12-27-23(9-1)34-36-35-21(24-18-25-20-8-2-4-14-30(20)42-31(25)19-28(24)39(27)36)15-16-32-40(35)37(34)33-22(10-7-13-29(33)41-32)26-11-5-6-17-38(26)37/h1-19H/q+2. The van der Waals surface area contributed by atoms with Crippen LogP contribution in [0.25, 0.3) is 69.7 Å². The van der Waals surface area contributed by atoms with Gasteiger partial charge in [0.25, 0.3) is 0 Å². The second-order valence-corrected chi connectivity index (χ2v) is 12.8. The van der Waals surface area contributed by atoms with Crippen LogP contribution >= 0.6 is 11.3 Å². The molecule has 0 radical (unpaired) electrons. The molecule has 8 heterocycles. The minimum Gasteiger partial charge on any atom is -0.404 e. The quantitative estimate of drug-likeness (QED) is 0.138. The molecule has 1 spiro atoms.